The van der Waals surface area contributed by atoms with Gasteiger partial charge in [-0.25, -0.2) is 4.98 Å². The molecule has 2 N–H and O–H groups in total. The van der Waals surface area contributed by atoms with Crippen LogP contribution in [-0.2, 0) is 0 Å². The van der Waals surface area contributed by atoms with E-state index in [2.05, 4.69) is 30.2 Å². The van der Waals surface area contributed by atoms with Crippen molar-refractivity contribution in [2.24, 2.45) is 5.41 Å². The molecule has 1 amide bonds. The number of aryl methyl sites for hydroxylation is 1. The summed E-state index contributed by atoms with van der Waals surface area (Å²) < 4.78 is 0. The number of allylic oxidation sites excluding steroid dienone is 3. The third-order valence-corrected chi connectivity index (χ3v) is 3.83. The van der Waals surface area contributed by atoms with E-state index in [1.54, 1.807) is 13.0 Å². The Kier molecular flexibility index (Phi) is 4.16. The zero-order valence-corrected chi connectivity index (χ0v) is 13.0. The Hall–Kier alpha value is -2.10. The first-order chi connectivity index (χ1) is 9.80. The lowest BCUT2D eigenvalue weighted by Gasteiger charge is -2.26. The molecule has 1 aliphatic rings. The van der Waals surface area contributed by atoms with Gasteiger partial charge >= 0.3 is 0 Å². The van der Waals surface area contributed by atoms with Gasteiger partial charge in [-0.05, 0) is 37.3 Å². The molecule has 0 spiro atoms. The Balaban J connectivity index is 2.20. The number of carbonyl (C=O) groups excluding carboxylic acids is 1. The highest BCUT2D eigenvalue weighted by molar-refractivity contribution is 5.95. The number of nitrogens with zero attached hydrogens (tertiary/aromatic N) is 1. The van der Waals surface area contributed by atoms with E-state index in [1.165, 1.54) is 6.20 Å². The largest absolute Gasteiger partial charge is 0.505 e. The van der Waals surface area contributed by atoms with E-state index in [0.717, 1.165) is 12.0 Å². The van der Waals surface area contributed by atoms with E-state index in [-0.39, 0.29) is 28.8 Å². The van der Waals surface area contributed by atoms with Crippen molar-refractivity contribution >= 4 is 5.91 Å². The molecular formula is C17H22N2O2. The summed E-state index contributed by atoms with van der Waals surface area (Å²) in [6.45, 7) is 8.02. The van der Waals surface area contributed by atoms with Crippen LogP contribution in [0.4, 0.5) is 0 Å². The molecule has 21 heavy (non-hydrogen) atoms. The molecule has 0 radical (unpaired) electrons. The van der Waals surface area contributed by atoms with Crippen molar-refractivity contribution in [1.82, 2.24) is 10.3 Å². The smallest absolute Gasteiger partial charge is 0.274 e. The molecule has 0 bridgehead atoms. The first kappa shape index (κ1) is 15.3. The highest BCUT2D eigenvalue weighted by atomic mass is 16.3. The second-order valence-electron chi connectivity index (χ2n) is 6.31. The van der Waals surface area contributed by atoms with Crippen molar-refractivity contribution in [2.75, 3.05) is 0 Å². The summed E-state index contributed by atoms with van der Waals surface area (Å²) in [5, 5.41) is 13.0. The fourth-order valence-electron chi connectivity index (χ4n) is 2.44. The molecule has 0 saturated heterocycles. The molecule has 4 heteroatoms. The van der Waals surface area contributed by atoms with Gasteiger partial charge in [-0.2, -0.15) is 0 Å². The lowest BCUT2D eigenvalue weighted by molar-refractivity contribution is 0.0928. The topological polar surface area (TPSA) is 62.2 Å². The van der Waals surface area contributed by atoms with Crippen LogP contribution in [0, 0.1) is 12.3 Å². The molecule has 1 unspecified atom stereocenters. The maximum atomic E-state index is 12.4. The third-order valence-electron chi connectivity index (χ3n) is 3.83. The summed E-state index contributed by atoms with van der Waals surface area (Å²) in [6, 6.07) is 1.61. The number of rotatable bonds is 2. The van der Waals surface area contributed by atoms with Crippen molar-refractivity contribution in [1.29, 1.82) is 0 Å². The Morgan fingerprint density at radius 2 is 2.14 bits per heavy atom. The van der Waals surface area contributed by atoms with Crippen LogP contribution in [-0.4, -0.2) is 22.0 Å². The van der Waals surface area contributed by atoms with Crippen LogP contribution in [0.15, 0.2) is 36.1 Å². The lowest BCUT2D eigenvalue weighted by atomic mass is 9.85. The number of aromatic hydroxyl groups is 1. The Morgan fingerprint density at radius 3 is 2.86 bits per heavy atom. The van der Waals surface area contributed by atoms with Crippen LogP contribution in [0.2, 0.25) is 0 Å². The van der Waals surface area contributed by atoms with Crippen molar-refractivity contribution < 1.29 is 9.90 Å². The number of hydrogen-bond acceptors (Lipinski definition) is 3. The zero-order valence-electron chi connectivity index (χ0n) is 13.0. The van der Waals surface area contributed by atoms with Gasteiger partial charge in [0.25, 0.3) is 5.91 Å². The Bertz CT molecular complexity index is 615. The van der Waals surface area contributed by atoms with E-state index in [0.29, 0.717) is 5.56 Å². The molecule has 4 nitrogen and oxygen atoms in total. The monoisotopic (exact) mass is 286 g/mol. The summed E-state index contributed by atoms with van der Waals surface area (Å²) in [4.78, 5) is 16.4. The minimum absolute atomic E-state index is 0.00822. The average Bonchev–Trinajstić information content (AvgIpc) is 2.52. The Labute approximate surface area is 125 Å². The number of aromatic nitrogens is 1. The van der Waals surface area contributed by atoms with E-state index in [9.17, 15) is 9.90 Å². The molecule has 2 rings (SSSR count). The quantitative estimate of drug-likeness (QED) is 0.878. The fourth-order valence-corrected chi connectivity index (χ4v) is 2.44. The summed E-state index contributed by atoms with van der Waals surface area (Å²) >= 11 is 0. The summed E-state index contributed by atoms with van der Waals surface area (Å²) in [6.07, 6.45) is 8.54. The minimum atomic E-state index is -0.341. The number of pyridine rings is 1. The molecule has 1 aromatic heterocycles. The van der Waals surface area contributed by atoms with E-state index >= 15 is 0 Å². The van der Waals surface area contributed by atoms with Gasteiger partial charge in [-0.3, -0.25) is 4.79 Å². The normalized spacial score (nSPS) is 20.6. The average molecular weight is 286 g/mol. The van der Waals surface area contributed by atoms with Crippen LogP contribution in [0.3, 0.4) is 0 Å². The summed E-state index contributed by atoms with van der Waals surface area (Å²) in [5.74, 6) is -0.394. The second-order valence-corrected chi connectivity index (χ2v) is 6.31. The molecule has 1 heterocycles. The molecule has 0 saturated carbocycles. The van der Waals surface area contributed by atoms with Gasteiger partial charge in [0.15, 0.2) is 5.69 Å². The minimum Gasteiger partial charge on any atom is -0.505 e. The predicted molar refractivity (Wildman–Crippen MR) is 83.2 cm³/mol. The molecule has 0 aliphatic heterocycles. The number of amides is 1. The molecule has 1 aromatic rings. The van der Waals surface area contributed by atoms with E-state index in [1.807, 2.05) is 19.1 Å². The van der Waals surface area contributed by atoms with Gasteiger partial charge in [-0.1, -0.05) is 37.6 Å². The van der Waals surface area contributed by atoms with Gasteiger partial charge in [0.1, 0.15) is 5.75 Å². The Morgan fingerprint density at radius 1 is 1.43 bits per heavy atom. The van der Waals surface area contributed by atoms with Crippen LogP contribution in [0.25, 0.3) is 0 Å². The molecular weight excluding hydrogens is 264 g/mol. The number of hydrogen-bond donors (Lipinski definition) is 2. The van der Waals surface area contributed by atoms with Crippen molar-refractivity contribution in [3.8, 4) is 5.75 Å². The van der Waals surface area contributed by atoms with Crippen LogP contribution in [0.5, 0.6) is 5.75 Å². The van der Waals surface area contributed by atoms with Gasteiger partial charge in [0, 0.05) is 6.20 Å². The van der Waals surface area contributed by atoms with Crippen LogP contribution >= 0.6 is 0 Å². The molecule has 0 aromatic carbocycles. The SMILES string of the molecule is CC1=CC=CC(C)(C)CC1NC(=O)c1nccc(C)c1O. The number of carbonyl (C=O) groups is 1. The predicted octanol–water partition coefficient (Wildman–Crippen LogP) is 3.13. The third kappa shape index (κ3) is 3.51. The second kappa shape index (κ2) is 5.72. The maximum Gasteiger partial charge on any atom is 0.274 e. The van der Waals surface area contributed by atoms with Crippen molar-refractivity contribution in [3.63, 3.8) is 0 Å². The van der Waals surface area contributed by atoms with Gasteiger partial charge in [0.2, 0.25) is 0 Å². The van der Waals surface area contributed by atoms with Gasteiger partial charge < -0.3 is 10.4 Å². The molecule has 112 valence electrons. The maximum absolute atomic E-state index is 12.4. The highest BCUT2D eigenvalue weighted by Crippen LogP contribution is 2.29. The molecule has 0 fully saturated rings. The highest BCUT2D eigenvalue weighted by Gasteiger charge is 2.26. The van der Waals surface area contributed by atoms with Gasteiger partial charge in [-0.15, -0.1) is 0 Å². The van der Waals surface area contributed by atoms with Crippen molar-refractivity contribution in [2.45, 2.75) is 40.2 Å². The zero-order chi connectivity index (χ0) is 15.6. The van der Waals surface area contributed by atoms with Crippen LogP contribution < -0.4 is 5.32 Å². The summed E-state index contributed by atoms with van der Waals surface area (Å²) in [7, 11) is 0. The van der Waals surface area contributed by atoms with Crippen molar-refractivity contribution in [3.05, 3.63) is 47.3 Å². The van der Waals surface area contributed by atoms with Gasteiger partial charge in [0.05, 0.1) is 6.04 Å². The standard InChI is InChI=1S/C17H22N2O2/c1-11-6-5-8-17(3,4)10-13(11)19-16(21)14-15(20)12(2)7-9-18-14/h5-9,13,20H,10H2,1-4H3,(H,19,21). The van der Waals surface area contributed by atoms with E-state index < -0.39 is 0 Å². The fraction of sp³-hybridized carbons (Fsp3) is 0.412. The first-order valence-electron chi connectivity index (χ1n) is 7.11. The molecule has 1 aliphatic carbocycles. The summed E-state index contributed by atoms with van der Waals surface area (Å²) in [5.41, 5.74) is 1.83. The van der Waals surface area contributed by atoms with E-state index in [4.69, 9.17) is 0 Å². The number of nitrogens with one attached hydrogen (secondary N) is 1. The molecule has 1 atom stereocenters. The van der Waals surface area contributed by atoms with Crippen LogP contribution in [0.1, 0.15) is 43.2 Å². The first-order valence-corrected chi connectivity index (χ1v) is 7.11. The lowest BCUT2D eigenvalue weighted by Crippen LogP contribution is -2.38.